The van der Waals surface area contributed by atoms with Gasteiger partial charge in [-0.05, 0) is 28.9 Å². The molecule has 0 radical (unpaired) electrons. The van der Waals surface area contributed by atoms with Crippen LogP contribution in [0.5, 0.6) is 0 Å². The number of halogens is 1. The van der Waals surface area contributed by atoms with Crippen molar-refractivity contribution in [2.75, 3.05) is 0 Å². The maximum absolute atomic E-state index is 5.66. The van der Waals surface area contributed by atoms with Gasteiger partial charge in [-0.1, -0.05) is 0 Å². The summed E-state index contributed by atoms with van der Waals surface area (Å²) in [6.07, 6.45) is 3.63. The first-order chi connectivity index (χ1) is 6.18. The molecule has 0 fully saturated rings. The molecular formula is C8H9BrN4. The molecule has 68 valence electrons. The molecule has 1 atom stereocenters. The number of aromatic nitrogens is 3. The molecule has 2 heterocycles. The molecule has 2 aromatic heterocycles. The molecule has 0 aliphatic carbocycles. The smallest absolute Gasteiger partial charge is 0.165 e. The van der Waals surface area contributed by atoms with Gasteiger partial charge < -0.3 is 5.73 Å². The Morgan fingerprint density at radius 2 is 2.38 bits per heavy atom. The van der Waals surface area contributed by atoms with Gasteiger partial charge >= 0.3 is 0 Å². The standard InChI is InChI=1S/C8H9BrN4/c1-5(10)8-11-4-7-6(9)2-3-13(7)12-8/h2-5H,10H2,1H3. The molecule has 2 rings (SSSR count). The van der Waals surface area contributed by atoms with Gasteiger partial charge in [-0.3, -0.25) is 0 Å². The average Bonchev–Trinajstić information content (AvgIpc) is 2.47. The SMILES string of the molecule is CC(N)c1ncc2c(Br)ccn2n1. The number of rotatable bonds is 1. The van der Waals surface area contributed by atoms with Crippen molar-refractivity contribution in [1.29, 1.82) is 0 Å². The van der Waals surface area contributed by atoms with Crippen molar-refractivity contribution < 1.29 is 0 Å². The van der Waals surface area contributed by atoms with Crippen molar-refractivity contribution in [3.8, 4) is 0 Å². The molecule has 1 unspecified atom stereocenters. The summed E-state index contributed by atoms with van der Waals surface area (Å²) in [5.41, 5.74) is 6.61. The van der Waals surface area contributed by atoms with Gasteiger partial charge in [0.25, 0.3) is 0 Å². The van der Waals surface area contributed by atoms with E-state index >= 15 is 0 Å². The van der Waals surface area contributed by atoms with Crippen LogP contribution in [0.2, 0.25) is 0 Å². The lowest BCUT2D eigenvalue weighted by molar-refractivity contribution is 0.695. The molecule has 0 spiro atoms. The second-order valence-corrected chi connectivity index (χ2v) is 3.75. The molecule has 2 aromatic rings. The first-order valence-corrected chi connectivity index (χ1v) is 4.73. The molecule has 13 heavy (non-hydrogen) atoms. The lowest BCUT2D eigenvalue weighted by Gasteiger charge is -2.03. The van der Waals surface area contributed by atoms with Gasteiger partial charge in [0, 0.05) is 10.7 Å². The molecule has 0 aliphatic heterocycles. The fourth-order valence-electron chi connectivity index (χ4n) is 1.09. The van der Waals surface area contributed by atoms with Crippen molar-refractivity contribution in [3.05, 3.63) is 28.8 Å². The minimum absolute atomic E-state index is 0.134. The third-order valence-electron chi connectivity index (χ3n) is 1.79. The predicted molar refractivity (Wildman–Crippen MR) is 53.3 cm³/mol. The number of nitrogens with zero attached hydrogens (tertiary/aromatic N) is 3. The summed E-state index contributed by atoms with van der Waals surface area (Å²) in [7, 11) is 0. The lowest BCUT2D eigenvalue weighted by Crippen LogP contribution is -2.11. The van der Waals surface area contributed by atoms with Crippen molar-refractivity contribution in [2.45, 2.75) is 13.0 Å². The van der Waals surface area contributed by atoms with E-state index in [9.17, 15) is 0 Å². The molecule has 4 nitrogen and oxygen atoms in total. The van der Waals surface area contributed by atoms with Crippen LogP contribution in [0, 0.1) is 0 Å². The van der Waals surface area contributed by atoms with Crippen molar-refractivity contribution in [2.24, 2.45) is 5.73 Å². The molecule has 0 amide bonds. The summed E-state index contributed by atoms with van der Waals surface area (Å²) in [5.74, 6) is 0.649. The monoisotopic (exact) mass is 240 g/mol. The molecule has 5 heteroatoms. The van der Waals surface area contributed by atoms with E-state index < -0.39 is 0 Å². The first kappa shape index (κ1) is 8.65. The van der Waals surface area contributed by atoms with Gasteiger partial charge in [-0.2, -0.15) is 5.10 Å². The number of hydrogen-bond donors (Lipinski definition) is 1. The molecular weight excluding hydrogens is 232 g/mol. The fraction of sp³-hybridized carbons (Fsp3) is 0.250. The van der Waals surface area contributed by atoms with Crippen LogP contribution in [0.1, 0.15) is 18.8 Å². The third-order valence-corrected chi connectivity index (χ3v) is 2.46. The quantitative estimate of drug-likeness (QED) is 0.823. The largest absolute Gasteiger partial charge is 0.321 e. The molecule has 0 saturated carbocycles. The maximum atomic E-state index is 5.66. The van der Waals surface area contributed by atoms with E-state index in [4.69, 9.17) is 5.73 Å². The van der Waals surface area contributed by atoms with Gasteiger partial charge in [-0.25, -0.2) is 9.50 Å². The molecule has 0 bridgehead atoms. The zero-order chi connectivity index (χ0) is 9.42. The van der Waals surface area contributed by atoms with Crippen LogP contribution in [0.25, 0.3) is 5.52 Å². The Bertz CT molecular complexity index is 435. The maximum Gasteiger partial charge on any atom is 0.165 e. The van der Waals surface area contributed by atoms with Gasteiger partial charge in [0.1, 0.15) is 0 Å². The Hall–Kier alpha value is -0.940. The summed E-state index contributed by atoms with van der Waals surface area (Å²) < 4.78 is 2.75. The Morgan fingerprint density at radius 3 is 3.08 bits per heavy atom. The van der Waals surface area contributed by atoms with Crippen LogP contribution in [-0.2, 0) is 0 Å². The Kier molecular flexibility index (Phi) is 2.05. The lowest BCUT2D eigenvalue weighted by atomic mass is 10.3. The Labute approximate surface area is 83.9 Å². The molecule has 0 aromatic carbocycles. The van der Waals surface area contributed by atoms with Crippen LogP contribution in [0.15, 0.2) is 22.9 Å². The minimum atomic E-state index is -0.134. The Balaban J connectivity index is 2.63. The summed E-state index contributed by atoms with van der Waals surface area (Å²) in [4.78, 5) is 4.15. The number of hydrogen-bond acceptors (Lipinski definition) is 3. The third kappa shape index (κ3) is 1.45. The van der Waals surface area contributed by atoms with Crippen LogP contribution >= 0.6 is 15.9 Å². The van der Waals surface area contributed by atoms with Crippen molar-refractivity contribution in [1.82, 2.24) is 14.6 Å². The minimum Gasteiger partial charge on any atom is -0.321 e. The average molecular weight is 241 g/mol. The highest BCUT2D eigenvalue weighted by Crippen LogP contribution is 2.17. The fourth-order valence-corrected chi connectivity index (χ4v) is 1.49. The van der Waals surface area contributed by atoms with Crippen LogP contribution in [-0.4, -0.2) is 14.6 Å². The highest BCUT2D eigenvalue weighted by atomic mass is 79.9. The summed E-state index contributed by atoms with van der Waals surface area (Å²) in [5, 5.41) is 4.25. The number of nitrogens with two attached hydrogens (primary N) is 1. The number of fused-ring (bicyclic) bond motifs is 1. The normalized spacial score (nSPS) is 13.5. The second kappa shape index (κ2) is 3.08. The van der Waals surface area contributed by atoms with Crippen LogP contribution in [0.4, 0.5) is 0 Å². The van der Waals surface area contributed by atoms with E-state index in [0.29, 0.717) is 5.82 Å². The predicted octanol–water partition coefficient (Wildman–Crippen LogP) is 1.51. The molecule has 0 aliphatic rings. The molecule has 0 saturated heterocycles. The second-order valence-electron chi connectivity index (χ2n) is 2.90. The zero-order valence-corrected chi connectivity index (χ0v) is 8.69. The topological polar surface area (TPSA) is 56.2 Å². The summed E-state index contributed by atoms with van der Waals surface area (Å²) in [6.45, 7) is 1.86. The van der Waals surface area contributed by atoms with Crippen molar-refractivity contribution in [3.63, 3.8) is 0 Å². The van der Waals surface area contributed by atoms with Gasteiger partial charge in [0.2, 0.25) is 0 Å². The summed E-state index contributed by atoms with van der Waals surface area (Å²) in [6, 6.07) is 1.79. The van der Waals surface area contributed by atoms with Crippen LogP contribution in [0.3, 0.4) is 0 Å². The Morgan fingerprint density at radius 1 is 1.62 bits per heavy atom. The zero-order valence-electron chi connectivity index (χ0n) is 7.11. The van der Waals surface area contributed by atoms with Gasteiger partial charge in [0.15, 0.2) is 5.82 Å². The van der Waals surface area contributed by atoms with Gasteiger partial charge in [-0.15, -0.1) is 0 Å². The molecule has 2 N–H and O–H groups in total. The van der Waals surface area contributed by atoms with E-state index in [0.717, 1.165) is 9.99 Å². The highest BCUT2D eigenvalue weighted by molar-refractivity contribution is 9.10. The highest BCUT2D eigenvalue weighted by Gasteiger charge is 2.05. The van der Waals surface area contributed by atoms with E-state index in [2.05, 4.69) is 26.0 Å². The van der Waals surface area contributed by atoms with E-state index in [-0.39, 0.29) is 6.04 Å². The first-order valence-electron chi connectivity index (χ1n) is 3.94. The van der Waals surface area contributed by atoms with Crippen LogP contribution < -0.4 is 5.73 Å². The van der Waals surface area contributed by atoms with Gasteiger partial charge in [0.05, 0.1) is 17.8 Å². The van der Waals surface area contributed by atoms with E-state index in [1.54, 1.807) is 10.7 Å². The summed E-state index contributed by atoms with van der Waals surface area (Å²) >= 11 is 3.40. The van der Waals surface area contributed by atoms with E-state index in [1.807, 2.05) is 19.2 Å². The van der Waals surface area contributed by atoms with E-state index in [1.165, 1.54) is 0 Å². The van der Waals surface area contributed by atoms with Crippen molar-refractivity contribution >= 4 is 21.4 Å².